The van der Waals surface area contributed by atoms with E-state index in [1.54, 1.807) is 0 Å². The SMILES string of the molecule is C1=CC2CC1=CO2. The summed E-state index contributed by atoms with van der Waals surface area (Å²) in [5, 5.41) is 0. The summed E-state index contributed by atoms with van der Waals surface area (Å²) in [6, 6.07) is 0. The molecule has 0 fully saturated rings. The van der Waals surface area contributed by atoms with Gasteiger partial charge >= 0.3 is 0 Å². The van der Waals surface area contributed by atoms with Crippen LogP contribution in [0.4, 0.5) is 0 Å². The molecule has 0 aromatic carbocycles. The van der Waals surface area contributed by atoms with Crippen LogP contribution in [0.15, 0.2) is 24.0 Å². The summed E-state index contributed by atoms with van der Waals surface area (Å²) in [4.78, 5) is 0. The maximum absolute atomic E-state index is 5.10. The van der Waals surface area contributed by atoms with Crippen molar-refractivity contribution in [1.29, 1.82) is 0 Å². The summed E-state index contributed by atoms with van der Waals surface area (Å²) in [6.07, 6.45) is 7.56. The highest BCUT2D eigenvalue weighted by Gasteiger charge is 2.18. The number of hydrogen-bond acceptors (Lipinski definition) is 1. The van der Waals surface area contributed by atoms with Crippen molar-refractivity contribution in [3.63, 3.8) is 0 Å². The molecule has 1 heteroatoms. The molecule has 0 amide bonds. The molecule has 36 valence electrons. The first-order valence-corrected chi connectivity index (χ1v) is 2.48. The van der Waals surface area contributed by atoms with Gasteiger partial charge in [-0.1, -0.05) is 6.08 Å². The second-order valence-electron chi connectivity index (χ2n) is 1.93. The van der Waals surface area contributed by atoms with Crippen molar-refractivity contribution in [3.8, 4) is 0 Å². The van der Waals surface area contributed by atoms with Crippen molar-refractivity contribution in [2.24, 2.45) is 0 Å². The van der Waals surface area contributed by atoms with Crippen LogP contribution in [0.1, 0.15) is 6.42 Å². The van der Waals surface area contributed by atoms with Crippen LogP contribution in [0.5, 0.6) is 0 Å². The Morgan fingerprint density at radius 2 is 2.71 bits per heavy atom. The standard InChI is InChI=1S/C6H6O/c1-2-6-3-5(1)4-7-6/h1-2,4,6H,3H2. The van der Waals surface area contributed by atoms with Gasteiger partial charge in [0.1, 0.15) is 6.10 Å². The third-order valence-corrected chi connectivity index (χ3v) is 1.36. The number of fused-ring (bicyclic) bond motifs is 2. The summed E-state index contributed by atoms with van der Waals surface area (Å²) >= 11 is 0. The first kappa shape index (κ1) is 3.30. The van der Waals surface area contributed by atoms with Gasteiger partial charge in [0, 0.05) is 6.42 Å². The molecule has 0 saturated heterocycles. The van der Waals surface area contributed by atoms with Gasteiger partial charge in [-0.3, -0.25) is 0 Å². The summed E-state index contributed by atoms with van der Waals surface area (Å²) in [7, 11) is 0. The van der Waals surface area contributed by atoms with Gasteiger partial charge in [0.2, 0.25) is 0 Å². The van der Waals surface area contributed by atoms with Crippen LogP contribution in [0.25, 0.3) is 0 Å². The molecule has 1 aliphatic heterocycles. The van der Waals surface area contributed by atoms with E-state index in [-0.39, 0.29) is 0 Å². The van der Waals surface area contributed by atoms with E-state index in [0.29, 0.717) is 6.10 Å². The second-order valence-corrected chi connectivity index (χ2v) is 1.93. The Balaban J connectivity index is 2.45. The van der Waals surface area contributed by atoms with Crippen molar-refractivity contribution in [2.75, 3.05) is 0 Å². The van der Waals surface area contributed by atoms with E-state index < -0.39 is 0 Å². The van der Waals surface area contributed by atoms with Crippen LogP contribution in [-0.2, 0) is 4.74 Å². The lowest BCUT2D eigenvalue weighted by Gasteiger charge is -1.98. The molecule has 0 N–H and O–H groups in total. The Kier molecular flexibility index (Phi) is 0.432. The molecule has 1 atom stereocenters. The average Bonchev–Trinajstić information content (AvgIpc) is 2.22. The largest absolute Gasteiger partial charge is 0.493 e. The van der Waals surface area contributed by atoms with Crippen molar-refractivity contribution in [1.82, 2.24) is 0 Å². The number of allylic oxidation sites excluding steroid dienone is 1. The average molecular weight is 94.1 g/mol. The molecular weight excluding hydrogens is 88.1 g/mol. The minimum atomic E-state index is 0.398. The topological polar surface area (TPSA) is 9.23 Å². The van der Waals surface area contributed by atoms with Gasteiger partial charge in [0.05, 0.1) is 6.26 Å². The molecule has 2 aliphatic rings. The second kappa shape index (κ2) is 0.915. The van der Waals surface area contributed by atoms with E-state index in [2.05, 4.69) is 12.2 Å². The van der Waals surface area contributed by atoms with Crippen molar-refractivity contribution in [3.05, 3.63) is 24.0 Å². The number of ether oxygens (including phenoxy) is 1. The Hall–Kier alpha value is -0.720. The minimum absolute atomic E-state index is 0.398. The lowest BCUT2D eigenvalue weighted by atomic mass is 10.3. The van der Waals surface area contributed by atoms with Gasteiger partial charge in [-0.05, 0) is 11.6 Å². The highest BCUT2D eigenvalue weighted by atomic mass is 16.5. The Morgan fingerprint density at radius 1 is 1.71 bits per heavy atom. The van der Waals surface area contributed by atoms with Crippen LogP contribution in [0.2, 0.25) is 0 Å². The van der Waals surface area contributed by atoms with Gasteiger partial charge in [0.15, 0.2) is 0 Å². The molecule has 7 heavy (non-hydrogen) atoms. The zero-order chi connectivity index (χ0) is 4.69. The molecule has 0 radical (unpaired) electrons. The molecule has 0 aromatic heterocycles. The first-order valence-electron chi connectivity index (χ1n) is 2.48. The van der Waals surface area contributed by atoms with E-state index in [1.807, 2.05) is 6.26 Å². The Bertz CT molecular complexity index is 144. The molecular formula is C6H6O. The van der Waals surface area contributed by atoms with Gasteiger partial charge < -0.3 is 4.74 Å². The normalized spacial score (nSPS) is 33.1. The number of hydrogen-bond donors (Lipinski definition) is 0. The summed E-state index contributed by atoms with van der Waals surface area (Å²) in [5.74, 6) is 0. The van der Waals surface area contributed by atoms with E-state index in [1.165, 1.54) is 5.57 Å². The van der Waals surface area contributed by atoms with E-state index in [0.717, 1.165) is 6.42 Å². The fourth-order valence-electron chi connectivity index (χ4n) is 0.955. The van der Waals surface area contributed by atoms with Crippen molar-refractivity contribution >= 4 is 0 Å². The maximum atomic E-state index is 5.10. The third-order valence-electron chi connectivity index (χ3n) is 1.36. The third kappa shape index (κ3) is 0.322. The quantitative estimate of drug-likeness (QED) is 0.438. The van der Waals surface area contributed by atoms with Crippen LogP contribution in [0, 0.1) is 0 Å². The van der Waals surface area contributed by atoms with Crippen LogP contribution < -0.4 is 0 Å². The fraction of sp³-hybridized carbons (Fsp3) is 0.333. The van der Waals surface area contributed by atoms with E-state index >= 15 is 0 Å². The maximum Gasteiger partial charge on any atom is 0.120 e. The zero-order valence-corrected chi connectivity index (χ0v) is 3.92. The lowest BCUT2D eigenvalue weighted by molar-refractivity contribution is 0.215. The minimum Gasteiger partial charge on any atom is -0.493 e. The monoisotopic (exact) mass is 94.0 g/mol. The Labute approximate surface area is 42.3 Å². The molecule has 1 heterocycles. The molecule has 2 rings (SSSR count). The van der Waals surface area contributed by atoms with Crippen molar-refractivity contribution < 1.29 is 4.74 Å². The summed E-state index contributed by atoms with van der Waals surface area (Å²) < 4.78 is 5.10. The molecule has 1 nitrogen and oxygen atoms in total. The van der Waals surface area contributed by atoms with Gasteiger partial charge in [-0.2, -0.15) is 0 Å². The van der Waals surface area contributed by atoms with Gasteiger partial charge in [-0.15, -0.1) is 0 Å². The predicted octanol–water partition coefficient (Wildman–Crippen LogP) is 1.23. The molecule has 0 spiro atoms. The van der Waals surface area contributed by atoms with Crippen LogP contribution in [0.3, 0.4) is 0 Å². The summed E-state index contributed by atoms with van der Waals surface area (Å²) in [6.45, 7) is 0. The highest BCUT2D eigenvalue weighted by molar-refractivity contribution is 5.29. The van der Waals surface area contributed by atoms with E-state index in [9.17, 15) is 0 Å². The molecule has 0 aromatic rings. The van der Waals surface area contributed by atoms with Crippen LogP contribution >= 0.6 is 0 Å². The summed E-state index contributed by atoms with van der Waals surface area (Å²) in [5.41, 5.74) is 1.34. The first-order chi connectivity index (χ1) is 3.45. The lowest BCUT2D eigenvalue weighted by Crippen LogP contribution is -1.94. The molecule has 1 aliphatic carbocycles. The van der Waals surface area contributed by atoms with Crippen molar-refractivity contribution in [2.45, 2.75) is 12.5 Å². The molecule has 0 saturated carbocycles. The Morgan fingerprint density at radius 3 is 2.86 bits per heavy atom. The predicted molar refractivity (Wildman–Crippen MR) is 26.7 cm³/mol. The van der Waals surface area contributed by atoms with Gasteiger partial charge in [-0.25, -0.2) is 0 Å². The van der Waals surface area contributed by atoms with Gasteiger partial charge in [0.25, 0.3) is 0 Å². The molecule has 1 unspecified atom stereocenters. The van der Waals surface area contributed by atoms with E-state index in [4.69, 9.17) is 4.74 Å². The number of rotatable bonds is 0. The fourth-order valence-corrected chi connectivity index (χ4v) is 0.955. The smallest absolute Gasteiger partial charge is 0.120 e. The highest BCUT2D eigenvalue weighted by Crippen LogP contribution is 2.25. The van der Waals surface area contributed by atoms with Crippen LogP contribution in [-0.4, -0.2) is 6.10 Å². The zero-order valence-electron chi connectivity index (χ0n) is 3.92. The molecule has 2 bridgehead atoms.